The van der Waals surface area contributed by atoms with Gasteiger partial charge in [-0.25, -0.2) is 0 Å². The molecule has 0 fully saturated rings. The maximum atomic E-state index is 12.4. The van der Waals surface area contributed by atoms with Gasteiger partial charge in [0.1, 0.15) is 0 Å². The van der Waals surface area contributed by atoms with Crippen molar-refractivity contribution in [3.8, 4) is 0 Å². The summed E-state index contributed by atoms with van der Waals surface area (Å²) >= 11 is 17.0. The predicted molar refractivity (Wildman–Crippen MR) is 65.8 cm³/mol. The molecular weight excluding hydrogens is 295 g/mol. The molecule has 0 aliphatic heterocycles. The highest BCUT2D eigenvalue weighted by Crippen LogP contribution is 2.36. The zero-order valence-corrected chi connectivity index (χ0v) is 10.8. The van der Waals surface area contributed by atoms with Gasteiger partial charge in [-0.1, -0.05) is 35.4 Å². The quantitative estimate of drug-likeness (QED) is 0.633. The van der Waals surface area contributed by atoms with Crippen molar-refractivity contribution < 1.29 is 13.2 Å². The van der Waals surface area contributed by atoms with E-state index in [0.717, 1.165) is 12.1 Å². The average Bonchev–Trinajstić information content (AvgIpc) is 2.20. The molecule has 0 saturated carbocycles. The first kappa shape index (κ1) is 14.7. The zero-order valence-electron chi connectivity index (χ0n) is 8.49. The molecule has 0 saturated heterocycles. The average molecular weight is 304 g/mol. The normalized spacial score (nSPS) is 12.4. The molecule has 94 valence electrons. The minimum atomic E-state index is -4.45. The summed E-state index contributed by atoms with van der Waals surface area (Å²) in [5.41, 5.74) is -0.492. The molecular formula is C11H8Cl3F3. The van der Waals surface area contributed by atoms with E-state index in [4.69, 9.17) is 34.8 Å². The number of alkyl halides is 4. The summed E-state index contributed by atoms with van der Waals surface area (Å²) < 4.78 is 37.3. The maximum absolute atomic E-state index is 12.4. The largest absolute Gasteiger partial charge is 0.416 e. The summed E-state index contributed by atoms with van der Waals surface area (Å²) in [5, 5.41) is -0.0636. The van der Waals surface area contributed by atoms with Crippen LogP contribution in [-0.2, 0) is 6.18 Å². The first-order chi connectivity index (χ1) is 7.86. The fourth-order valence-electron chi connectivity index (χ4n) is 1.17. The monoisotopic (exact) mass is 302 g/mol. The summed E-state index contributed by atoms with van der Waals surface area (Å²) in [6, 6.07) is 1.71. The van der Waals surface area contributed by atoms with E-state index in [1.165, 1.54) is 0 Å². The van der Waals surface area contributed by atoms with Crippen molar-refractivity contribution in [1.29, 1.82) is 0 Å². The molecule has 0 heterocycles. The van der Waals surface area contributed by atoms with Crippen molar-refractivity contribution in [1.82, 2.24) is 0 Å². The van der Waals surface area contributed by atoms with Crippen molar-refractivity contribution in [3.05, 3.63) is 39.4 Å². The standard InChI is InChI=1S/C11H8Cl3F3/c12-4-2-1-3-8-9(13)5-7(6-10(8)14)11(15,16)17/h1,3,5-6H,2,4H2. The van der Waals surface area contributed by atoms with Crippen molar-refractivity contribution >= 4 is 40.9 Å². The molecule has 0 atom stereocenters. The fraction of sp³-hybridized carbons (Fsp3) is 0.273. The first-order valence-corrected chi connectivity index (χ1v) is 5.94. The highest BCUT2D eigenvalue weighted by molar-refractivity contribution is 6.37. The molecule has 0 N–H and O–H groups in total. The number of hydrogen-bond acceptors (Lipinski definition) is 0. The lowest BCUT2D eigenvalue weighted by atomic mass is 10.1. The second-order valence-electron chi connectivity index (χ2n) is 3.23. The summed E-state index contributed by atoms with van der Waals surface area (Å²) in [4.78, 5) is 0. The van der Waals surface area contributed by atoms with Gasteiger partial charge < -0.3 is 0 Å². The Bertz CT molecular complexity index is 401. The van der Waals surface area contributed by atoms with E-state index in [-0.39, 0.29) is 10.0 Å². The third-order valence-corrected chi connectivity index (χ3v) is 2.81. The van der Waals surface area contributed by atoms with Crippen LogP contribution in [0.1, 0.15) is 17.5 Å². The van der Waals surface area contributed by atoms with E-state index in [1.807, 2.05) is 0 Å². The van der Waals surface area contributed by atoms with E-state index in [1.54, 1.807) is 12.2 Å². The molecule has 0 aliphatic rings. The summed E-state index contributed by atoms with van der Waals surface area (Å²) in [7, 11) is 0. The van der Waals surface area contributed by atoms with E-state index >= 15 is 0 Å². The Morgan fingerprint density at radius 3 is 2.06 bits per heavy atom. The van der Waals surface area contributed by atoms with Crippen molar-refractivity contribution in [2.45, 2.75) is 12.6 Å². The second-order valence-corrected chi connectivity index (χ2v) is 4.42. The van der Waals surface area contributed by atoms with Crippen LogP contribution in [-0.4, -0.2) is 5.88 Å². The SMILES string of the molecule is FC(F)(F)c1cc(Cl)c(C=CCCCl)c(Cl)c1. The summed E-state index contributed by atoms with van der Waals surface area (Å²) in [6.45, 7) is 0. The van der Waals surface area contributed by atoms with Gasteiger partial charge in [-0.05, 0) is 18.6 Å². The van der Waals surface area contributed by atoms with Crippen LogP contribution in [0, 0.1) is 0 Å². The lowest BCUT2D eigenvalue weighted by molar-refractivity contribution is -0.137. The number of hydrogen-bond donors (Lipinski definition) is 0. The third-order valence-electron chi connectivity index (χ3n) is 1.97. The van der Waals surface area contributed by atoms with Crippen LogP contribution in [0.25, 0.3) is 6.08 Å². The van der Waals surface area contributed by atoms with E-state index < -0.39 is 11.7 Å². The molecule has 0 aromatic heterocycles. The minimum Gasteiger partial charge on any atom is -0.166 e. The molecule has 1 aromatic carbocycles. The Balaban J connectivity index is 3.11. The molecule has 0 amide bonds. The highest BCUT2D eigenvalue weighted by atomic mass is 35.5. The van der Waals surface area contributed by atoms with Gasteiger partial charge in [0, 0.05) is 21.5 Å². The van der Waals surface area contributed by atoms with Gasteiger partial charge in [0.15, 0.2) is 0 Å². The van der Waals surface area contributed by atoms with Gasteiger partial charge in [0.2, 0.25) is 0 Å². The summed E-state index contributed by atoms with van der Waals surface area (Å²) in [5.74, 6) is 0.423. The van der Waals surface area contributed by atoms with Crippen LogP contribution in [0.15, 0.2) is 18.2 Å². The van der Waals surface area contributed by atoms with E-state index in [2.05, 4.69) is 0 Å². The molecule has 1 rings (SSSR count). The van der Waals surface area contributed by atoms with Gasteiger partial charge in [-0.15, -0.1) is 11.6 Å². The molecule has 1 aromatic rings. The van der Waals surface area contributed by atoms with Gasteiger partial charge in [0.05, 0.1) is 5.56 Å². The first-order valence-electron chi connectivity index (χ1n) is 4.65. The summed E-state index contributed by atoms with van der Waals surface area (Å²) in [6.07, 6.45) is -0.596. The Morgan fingerprint density at radius 1 is 1.12 bits per heavy atom. The topological polar surface area (TPSA) is 0 Å². The lowest BCUT2D eigenvalue weighted by Gasteiger charge is -2.10. The molecule has 0 radical (unpaired) electrons. The van der Waals surface area contributed by atoms with Crippen LogP contribution in [0.2, 0.25) is 10.0 Å². The van der Waals surface area contributed by atoms with Crippen LogP contribution in [0.5, 0.6) is 0 Å². The van der Waals surface area contributed by atoms with Crippen LogP contribution >= 0.6 is 34.8 Å². The molecule has 17 heavy (non-hydrogen) atoms. The van der Waals surface area contributed by atoms with Gasteiger partial charge in [-0.3, -0.25) is 0 Å². The Labute approximate surface area is 112 Å². The van der Waals surface area contributed by atoms with Gasteiger partial charge >= 0.3 is 6.18 Å². The van der Waals surface area contributed by atoms with Gasteiger partial charge in [0.25, 0.3) is 0 Å². The Morgan fingerprint density at radius 2 is 1.65 bits per heavy atom. The maximum Gasteiger partial charge on any atom is 0.416 e. The number of rotatable bonds is 3. The molecule has 0 aliphatic carbocycles. The van der Waals surface area contributed by atoms with Crippen LogP contribution in [0.3, 0.4) is 0 Å². The molecule has 0 nitrogen and oxygen atoms in total. The van der Waals surface area contributed by atoms with E-state index in [0.29, 0.717) is 17.9 Å². The predicted octanol–water partition coefficient (Wildman–Crippen LogP) is 5.65. The minimum absolute atomic E-state index is 0.0318. The molecule has 6 heteroatoms. The number of halogens is 6. The second kappa shape index (κ2) is 5.98. The van der Waals surface area contributed by atoms with Crippen LogP contribution < -0.4 is 0 Å². The number of benzene rings is 1. The third kappa shape index (κ3) is 4.09. The molecule has 0 unspecified atom stereocenters. The van der Waals surface area contributed by atoms with Crippen molar-refractivity contribution in [3.63, 3.8) is 0 Å². The smallest absolute Gasteiger partial charge is 0.166 e. The molecule has 0 bridgehead atoms. The Kier molecular flexibility index (Phi) is 5.17. The van der Waals surface area contributed by atoms with Crippen LogP contribution in [0.4, 0.5) is 13.2 Å². The van der Waals surface area contributed by atoms with E-state index in [9.17, 15) is 13.2 Å². The van der Waals surface area contributed by atoms with Crippen molar-refractivity contribution in [2.75, 3.05) is 5.88 Å². The number of allylic oxidation sites excluding steroid dienone is 1. The fourth-order valence-corrected chi connectivity index (χ4v) is 1.91. The lowest BCUT2D eigenvalue weighted by Crippen LogP contribution is -2.05. The van der Waals surface area contributed by atoms with Gasteiger partial charge in [-0.2, -0.15) is 13.2 Å². The zero-order chi connectivity index (χ0) is 13.1. The Hall–Kier alpha value is -0.380. The van der Waals surface area contributed by atoms with Crippen molar-refractivity contribution in [2.24, 2.45) is 0 Å². The molecule has 0 spiro atoms. The highest BCUT2D eigenvalue weighted by Gasteiger charge is 2.31.